The summed E-state index contributed by atoms with van der Waals surface area (Å²) in [5.74, 6) is 0.272. The molecule has 0 saturated carbocycles. The Bertz CT molecular complexity index is 517. The van der Waals surface area contributed by atoms with Crippen LogP contribution in [0.2, 0.25) is 0 Å². The van der Waals surface area contributed by atoms with Crippen LogP contribution in [0.3, 0.4) is 0 Å². The molecule has 0 bridgehead atoms. The molecule has 7 heteroatoms. The van der Waals surface area contributed by atoms with Gasteiger partial charge in [0, 0.05) is 25.4 Å². The van der Waals surface area contributed by atoms with E-state index in [1.54, 1.807) is 6.07 Å². The lowest BCUT2D eigenvalue weighted by Gasteiger charge is -2.11. The zero-order valence-electron chi connectivity index (χ0n) is 11.9. The van der Waals surface area contributed by atoms with Crippen LogP contribution in [-0.4, -0.2) is 35.3 Å². The number of hydrogen-bond donors (Lipinski definition) is 2. The summed E-state index contributed by atoms with van der Waals surface area (Å²) in [5.41, 5.74) is 5.99. The van der Waals surface area contributed by atoms with Crippen molar-refractivity contribution in [3.05, 3.63) is 18.2 Å². The molecule has 0 heterocycles. The maximum absolute atomic E-state index is 12.2. The van der Waals surface area contributed by atoms with Gasteiger partial charge in [-0.05, 0) is 31.0 Å². The molecule has 0 aliphatic carbocycles. The molecule has 114 valence electrons. The fraction of sp³-hybridized carbons (Fsp3) is 0.538. The van der Waals surface area contributed by atoms with E-state index in [4.69, 9.17) is 15.2 Å². The van der Waals surface area contributed by atoms with Crippen molar-refractivity contribution in [2.45, 2.75) is 24.7 Å². The molecule has 1 aromatic rings. The predicted molar refractivity (Wildman–Crippen MR) is 78.3 cm³/mol. The van der Waals surface area contributed by atoms with E-state index in [2.05, 4.69) is 4.72 Å². The van der Waals surface area contributed by atoms with Crippen LogP contribution in [0.15, 0.2) is 23.1 Å². The van der Waals surface area contributed by atoms with Gasteiger partial charge in [-0.2, -0.15) is 0 Å². The Hall–Kier alpha value is -1.31. The van der Waals surface area contributed by atoms with E-state index in [-0.39, 0.29) is 10.6 Å². The third-order valence-corrected chi connectivity index (χ3v) is 4.07. The molecule has 1 aromatic carbocycles. The van der Waals surface area contributed by atoms with Crippen molar-refractivity contribution < 1.29 is 17.9 Å². The van der Waals surface area contributed by atoms with E-state index in [1.165, 1.54) is 19.2 Å². The number of methoxy groups -OCH3 is 1. The average molecular weight is 302 g/mol. The van der Waals surface area contributed by atoms with Crippen LogP contribution in [0, 0.1) is 0 Å². The molecule has 0 fully saturated rings. The van der Waals surface area contributed by atoms with Gasteiger partial charge in [0.2, 0.25) is 10.0 Å². The largest absolute Gasteiger partial charge is 0.495 e. The fourth-order valence-corrected chi connectivity index (χ4v) is 2.88. The van der Waals surface area contributed by atoms with Crippen LogP contribution >= 0.6 is 0 Å². The third-order valence-electron chi connectivity index (χ3n) is 2.58. The van der Waals surface area contributed by atoms with Gasteiger partial charge >= 0.3 is 0 Å². The number of nitrogens with two attached hydrogens (primary N) is 1. The van der Waals surface area contributed by atoms with E-state index in [1.807, 2.05) is 6.92 Å². The SMILES string of the molecule is CCCOCCCNS(=O)(=O)c1cc(N)ccc1OC. The minimum atomic E-state index is -3.63. The van der Waals surface area contributed by atoms with Crippen molar-refractivity contribution in [3.8, 4) is 5.75 Å². The molecule has 0 amide bonds. The van der Waals surface area contributed by atoms with E-state index < -0.39 is 10.0 Å². The van der Waals surface area contributed by atoms with Gasteiger partial charge in [0.1, 0.15) is 10.6 Å². The van der Waals surface area contributed by atoms with Gasteiger partial charge < -0.3 is 15.2 Å². The highest BCUT2D eigenvalue weighted by Gasteiger charge is 2.19. The minimum absolute atomic E-state index is 0.0504. The molecule has 0 aliphatic rings. The van der Waals surface area contributed by atoms with E-state index in [0.717, 1.165) is 6.42 Å². The Morgan fingerprint density at radius 1 is 1.30 bits per heavy atom. The number of nitrogen functional groups attached to an aromatic ring is 1. The molecule has 20 heavy (non-hydrogen) atoms. The number of rotatable bonds is 9. The maximum atomic E-state index is 12.2. The Labute approximate surface area is 120 Å². The van der Waals surface area contributed by atoms with Crippen LogP contribution in [0.4, 0.5) is 5.69 Å². The number of sulfonamides is 1. The first-order chi connectivity index (χ1) is 9.51. The normalized spacial score (nSPS) is 11.5. The van der Waals surface area contributed by atoms with Crippen LogP contribution in [0.25, 0.3) is 0 Å². The zero-order valence-corrected chi connectivity index (χ0v) is 12.7. The molecule has 0 radical (unpaired) electrons. The molecular formula is C13H22N2O4S. The molecule has 0 spiro atoms. The van der Waals surface area contributed by atoms with E-state index in [9.17, 15) is 8.42 Å². The van der Waals surface area contributed by atoms with Gasteiger partial charge in [-0.3, -0.25) is 0 Å². The summed E-state index contributed by atoms with van der Waals surface area (Å²) in [6, 6.07) is 4.51. The first-order valence-corrected chi connectivity index (χ1v) is 8.00. The van der Waals surface area contributed by atoms with Crippen molar-refractivity contribution in [2.75, 3.05) is 32.6 Å². The lowest BCUT2D eigenvalue weighted by atomic mass is 10.3. The van der Waals surface area contributed by atoms with Gasteiger partial charge in [-0.1, -0.05) is 6.92 Å². The second kappa shape index (κ2) is 8.08. The smallest absolute Gasteiger partial charge is 0.244 e. The monoisotopic (exact) mass is 302 g/mol. The summed E-state index contributed by atoms with van der Waals surface area (Å²) in [7, 11) is -2.21. The molecule has 3 N–H and O–H groups in total. The quantitative estimate of drug-likeness (QED) is 0.531. The van der Waals surface area contributed by atoms with Gasteiger partial charge in [0.25, 0.3) is 0 Å². The lowest BCUT2D eigenvalue weighted by Crippen LogP contribution is -2.26. The van der Waals surface area contributed by atoms with Gasteiger partial charge in [-0.15, -0.1) is 0 Å². The Balaban J connectivity index is 2.62. The van der Waals surface area contributed by atoms with E-state index >= 15 is 0 Å². The van der Waals surface area contributed by atoms with Crippen molar-refractivity contribution in [2.24, 2.45) is 0 Å². The maximum Gasteiger partial charge on any atom is 0.244 e. The molecular weight excluding hydrogens is 280 g/mol. The van der Waals surface area contributed by atoms with Crippen molar-refractivity contribution in [3.63, 3.8) is 0 Å². The Kier molecular flexibility index (Phi) is 6.77. The van der Waals surface area contributed by atoms with Crippen LogP contribution in [0.1, 0.15) is 19.8 Å². The number of benzene rings is 1. The second-order valence-electron chi connectivity index (χ2n) is 4.27. The number of hydrogen-bond acceptors (Lipinski definition) is 5. The minimum Gasteiger partial charge on any atom is -0.495 e. The summed E-state index contributed by atoms with van der Waals surface area (Å²) in [4.78, 5) is 0.0504. The molecule has 1 rings (SSSR count). The lowest BCUT2D eigenvalue weighted by molar-refractivity contribution is 0.133. The highest BCUT2D eigenvalue weighted by atomic mass is 32.2. The molecule has 0 aromatic heterocycles. The van der Waals surface area contributed by atoms with Gasteiger partial charge in [-0.25, -0.2) is 13.1 Å². The van der Waals surface area contributed by atoms with Crippen molar-refractivity contribution >= 4 is 15.7 Å². The summed E-state index contributed by atoms with van der Waals surface area (Å²) in [6.07, 6.45) is 1.57. The first-order valence-electron chi connectivity index (χ1n) is 6.52. The summed E-state index contributed by atoms with van der Waals surface area (Å²) >= 11 is 0. The molecule has 0 atom stereocenters. The van der Waals surface area contributed by atoms with Crippen molar-refractivity contribution in [1.29, 1.82) is 0 Å². The molecule has 0 unspecified atom stereocenters. The fourth-order valence-electron chi connectivity index (χ4n) is 1.61. The molecule has 6 nitrogen and oxygen atoms in total. The highest BCUT2D eigenvalue weighted by molar-refractivity contribution is 7.89. The topological polar surface area (TPSA) is 90.7 Å². The second-order valence-corrected chi connectivity index (χ2v) is 6.01. The number of nitrogens with one attached hydrogen (secondary N) is 1. The Morgan fingerprint density at radius 2 is 2.05 bits per heavy atom. The zero-order chi connectivity index (χ0) is 15.0. The first kappa shape index (κ1) is 16.7. The number of ether oxygens (including phenoxy) is 2. The Morgan fingerprint density at radius 3 is 2.70 bits per heavy atom. The van der Waals surface area contributed by atoms with E-state index in [0.29, 0.717) is 31.9 Å². The summed E-state index contributed by atoms with van der Waals surface area (Å²) in [5, 5.41) is 0. The number of anilines is 1. The standard InChI is InChI=1S/C13H22N2O4S/c1-3-8-19-9-4-7-15-20(16,17)13-10-11(14)5-6-12(13)18-2/h5-6,10,15H,3-4,7-9,14H2,1-2H3. The average Bonchev–Trinajstić information content (AvgIpc) is 2.42. The van der Waals surface area contributed by atoms with Crippen LogP contribution in [-0.2, 0) is 14.8 Å². The molecule has 0 aliphatic heterocycles. The van der Waals surface area contributed by atoms with Gasteiger partial charge in [0.05, 0.1) is 7.11 Å². The highest BCUT2D eigenvalue weighted by Crippen LogP contribution is 2.25. The van der Waals surface area contributed by atoms with Gasteiger partial charge in [0.15, 0.2) is 0 Å². The predicted octanol–water partition coefficient (Wildman–Crippen LogP) is 1.37. The van der Waals surface area contributed by atoms with Crippen LogP contribution in [0.5, 0.6) is 5.75 Å². The third kappa shape index (κ3) is 4.99. The molecule has 0 saturated heterocycles. The summed E-state index contributed by atoms with van der Waals surface area (Å²) in [6.45, 7) is 3.55. The summed E-state index contributed by atoms with van der Waals surface area (Å²) < 4.78 is 37.2. The van der Waals surface area contributed by atoms with Crippen molar-refractivity contribution in [1.82, 2.24) is 4.72 Å². The van der Waals surface area contributed by atoms with Crippen LogP contribution < -0.4 is 15.2 Å².